The molecule has 1 nitrogen and oxygen atoms in total. The van der Waals surface area contributed by atoms with Gasteiger partial charge in [0.05, 0.1) is 6.61 Å². The Morgan fingerprint density at radius 3 is 2.29 bits per heavy atom. The third kappa shape index (κ3) is 7.81. The maximum atomic E-state index is 5.68. The largest absolute Gasteiger partial charge is 2.00 e. The van der Waals surface area contributed by atoms with Gasteiger partial charge in [-0.15, -0.1) is 0 Å². The molecule has 0 amide bonds. The predicted octanol–water partition coefficient (Wildman–Crippen LogP) is 0.902. The summed E-state index contributed by atoms with van der Waals surface area (Å²) in [5.41, 5.74) is 3.70. The van der Waals surface area contributed by atoms with Crippen LogP contribution in [-0.4, -0.2) is 29.7 Å². The number of hydrogen-bond donors (Lipinski definition) is 0. The van der Waals surface area contributed by atoms with Crippen molar-refractivity contribution in [2.24, 2.45) is 0 Å². The van der Waals surface area contributed by atoms with Crippen molar-refractivity contribution in [3.8, 4) is 0 Å². The van der Waals surface area contributed by atoms with Gasteiger partial charge in [-0.1, -0.05) is 36.9 Å². The van der Waals surface area contributed by atoms with Gasteiger partial charge < -0.3 is 21.7 Å². The maximum absolute atomic E-state index is 5.68. The summed E-state index contributed by atoms with van der Waals surface area (Å²) < 4.78 is 5.68. The fourth-order valence-electron chi connectivity index (χ4n) is 1.91. The molecule has 0 N–H and O–H groups in total. The molecule has 0 saturated heterocycles. The Morgan fingerprint density at radius 2 is 1.67 bits per heavy atom. The summed E-state index contributed by atoms with van der Waals surface area (Å²) >= 11 is 0. The summed E-state index contributed by atoms with van der Waals surface area (Å²) in [6.07, 6.45) is 3.96. The predicted molar refractivity (Wildman–Crippen MR) is 85.5 cm³/mol. The number of halogens is 1. The molecule has 2 rings (SSSR count). The van der Waals surface area contributed by atoms with Gasteiger partial charge >= 0.3 is 23.1 Å². The molecule has 0 unspecified atom stereocenters. The van der Waals surface area contributed by atoms with E-state index in [1.807, 2.05) is 18.2 Å². The zero-order valence-corrected chi connectivity index (χ0v) is 15.2. The maximum Gasteiger partial charge on any atom is 2.00 e. The topological polar surface area (TPSA) is 9.23 Å². The number of benzene rings is 2. The van der Waals surface area contributed by atoms with E-state index in [0.29, 0.717) is 6.61 Å². The Kier molecular flexibility index (Phi) is 11.6. The van der Waals surface area contributed by atoms with E-state index in [2.05, 4.69) is 49.0 Å². The summed E-state index contributed by atoms with van der Waals surface area (Å²) in [5, 5.41) is 0. The first-order chi connectivity index (χ1) is 9.38. The average Bonchev–Trinajstić information content (AvgIpc) is 2.49. The molecule has 0 radical (unpaired) electrons. The van der Waals surface area contributed by atoms with Crippen LogP contribution >= 0.6 is 0 Å². The van der Waals surface area contributed by atoms with E-state index in [1.165, 1.54) is 11.1 Å². The number of aryl methyl sites for hydroxylation is 1. The first-order valence-electron chi connectivity index (χ1n) is 6.62. The molecule has 0 fully saturated rings. The van der Waals surface area contributed by atoms with Crippen LogP contribution in [0, 0.1) is 6.07 Å². The minimum absolute atomic E-state index is 0. The van der Waals surface area contributed by atoms with E-state index in [0.717, 1.165) is 25.0 Å². The number of rotatable bonds is 7. The van der Waals surface area contributed by atoms with E-state index >= 15 is 0 Å². The summed E-state index contributed by atoms with van der Waals surface area (Å²) in [6.45, 7) is 5.22. The van der Waals surface area contributed by atoms with E-state index < -0.39 is 0 Å². The fraction of sp³-hybridized carbons (Fsp3) is 0.222. The first kappa shape index (κ1) is 20.4. The van der Waals surface area contributed by atoms with Crippen molar-refractivity contribution in [3.05, 3.63) is 77.9 Å². The molecular formula is C18H19BrMgO. The van der Waals surface area contributed by atoms with Gasteiger partial charge in [0.25, 0.3) is 0 Å². The summed E-state index contributed by atoms with van der Waals surface area (Å²) in [7, 11) is 0. The third-order valence-corrected chi connectivity index (χ3v) is 3.03. The molecule has 106 valence electrons. The van der Waals surface area contributed by atoms with Crippen LogP contribution in [0.25, 0.3) is 6.08 Å². The number of hydrogen-bond acceptors (Lipinski definition) is 1. The van der Waals surface area contributed by atoms with E-state index in [1.54, 1.807) is 0 Å². The van der Waals surface area contributed by atoms with Crippen LogP contribution in [0.4, 0.5) is 0 Å². The molecule has 2 aromatic carbocycles. The smallest absolute Gasteiger partial charge is 1.00 e. The van der Waals surface area contributed by atoms with Gasteiger partial charge in [0, 0.05) is 6.61 Å². The average molecular weight is 356 g/mol. The molecule has 0 spiro atoms. The Bertz CT molecular complexity index is 496. The number of ether oxygens (including phenoxy) is 1. The SMILES string of the molecule is C=Cc1ccc(COCCCc2cc[c-]cc2)cc1.[Br-].[Mg+2]. The zero-order valence-electron chi connectivity index (χ0n) is 12.2. The van der Waals surface area contributed by atoms with Crippen LogP contribution in [0.5, 0.6) is 0 Å². The third-order valence-electron chi connectivity index (χ3n) is 3.03. The minimum atomic E-state index is 0. The fourth-order valence-corrected chi connectivity index (χ4v) is 1.91. The molecule has 0 bridgehead atoms. The van der Waals surface area contributed by atoms with Gasteiger partial charge in [0.1, 0.15) is 0 Å². The summed E-state index contributed by atoms with van der Waals surface area (Å²) in [4.78, 5) is 0. The van der Waals surface area contributed by atoms with Gasteiger partial charge in [-0.25, -0.2) is 0 Å². The second-order valence-electron chi connectivity index (χ2n) is 4.51. The van der Waals surface area contributed by atoms with Crippen LogP contribution in [0.2, 0.25) is 0 Å². The molecule has 3 heteroatoms. The second kappa shape index (κ2) is 12.0. The first-order valence-corrected chi connectivity index (χ1v) is 6.62. The quantitative estimate of drug-likeness (QED) is 0.407. The summed E-state index contributed by atoms with van der Waals surface area (Å²) in [6, 6.07) is 19.4. The van der Waals surface area contributed by atoms with Gasteiger partial charge in [0.2, 0.25) is 0 Å². The van der Waals surface area contributed by atoms with Crippen molar-refractivity contribution in [2.45, 2.75) is 19.4 Å². The van der Waals surface area contributed by atoms with E-state index in [4.69, 9.17) is 4.74 Å². The molecule has 2 aromatic rings. The minimum Gasteiger partial charge on any atom is -1.00 e. The zero-order chi connectivity index (χ0) is 13.3. The molecule has 0 aliphatic heterocycles. The Morgan fingerprint density at radius 1 is 1.00 bits per heavy atom. The standard InChI is InChI=1S/C18H19O.BrH.Mg/c1-2-16-10-12-18(13-11-16)15-19-14-6-9-17-7-4-3-5-8-17;;/h2,4-5,7-8,10-13H,1,6,9,14-15H2;1H;/q-1;;+2/p-1. The molecule has 0 atom stereocenters. The summed E-state index contributed by atoms with van der Waals surface area (Å²) in [5.74, 6) is 0. The molecule has 0 aromatic heterocycles. The van der Waals surface area contributed by atoms with Gasteiger partial charge in [-0.3, -0.25) is 0 Å². The molecule has 21 heavy (non-hydrogen) atoms. The van der Waals surface area contributed by atoms with Crippen molar-refractivity contribution in [1.82, 2.24) is 0 Å². The van der Waals surface area contributed by atoms with Crippen molar-refractivity contribution in [2.75, 3.05) is 6.61 Å². The van der Waals surface area contributed by atoms with E-state index in [9.17, 15) is 0 Å². The molecule has 0 saturated carbocycles. The second-order valence-corrected chi connectivity index (χ2v) is 4.51. The normalized spacial score (nSPS) is 9.33. The molecule has 0 heterocycles. The van der Waals surface area contributed by atoms with Crippen molar-refractivity contribution in [1.29, 1.82) is 0 Å². The van der Waals surface area contributed by atoms with Crippen molar-refractivity contribution in [3.63, 3.8) is 0 Å². The molecule has 0 aliphatic carbocycles. The van der Waals surface area contributed by atoms with Crippen LogP contribution < -0.4 is 17.0 Å². The van der Waals surface area contributed by atoms with Crippen molar-refractivity contribution < 1.29 is 21.7 Å². The van der Waals surface area contributed by atoms with Gasteiger partial charge in [-0.2, -0.15) is 35.9 Å². The monoisotopic (exact) mass is 354 g/mol. The molecule has 0 aliphatic rings. The van der Waals surface area contributed by atoms with Gasteiger partial charge in [0.15, 0.2) is 0 Å². The van der Waals surface area contributed by atoms with Gasteiger partial charge in [-0.05, 0) is 24.0 Å². The Balaban J connectivity index is 0.00000200. The van der Waals surface area contributed by atoms with Crippen molar-refractivity contribution >= 4 is 29.1 Å². The Labute approximate surface area is 154 Å². The van der Waals surface area contributed by atoms with E-state index in [-0.39, 0.29) is 40.0 Å². The van der Waals surface area contributed by atoms with Crippen LogP contribution in [0.15, 0.2) is 55.1 Å². The van der Waals surface area contributed by atoms with Crippen LogP contribution in [-0.2, 0) is 17.8 Å². The van der Waals surface area contributed by atoms with Crippen LogP contribution in [0.3, 0.4) is 0 Å². The Hall–Kier alpha value is -0.614. The van der Waals surface area contributed by atoms with Crippen LogP contribution in [0.1, 0.15) is 23.1 Å². The molecular weight excluding hydrogens is 336 g/mol.